The van der Waals surface area contributed by atoms with E-state index in [9.17, 15) is 4.79 Å². The van der Waals surface area contributed by atoms with E-state index in [4.69, 9.17) is 18.9 Å². The number of ketones is 1. The van der Waals surface area contributed by atoms with Gasteiger partial charge in [-0.25, -0.2) is 0 Å². The topological polar surface area (TPSA) is 57.2 Å². The third-order valence-corrected chi connectivity index (χ3v) is 4.33. The maximum Gasteiger partial charge on any atom is 0.204 e. The minimum absolute atomic E-state index is 0.0255. The quantitative estimate of drug-likeness (QED) is 0.829. The molecule has 0 N–H and O–H groups in total. The van der Waals surface area contributed by atoms with Crippen LogP contribution in [0.2, 0.25) is 0 Å². The highest BCUT2D eigenvalue weighted by Crippen LogP contribution is 2.48. The summed E-state index contributed by atoms with van der Waals surface area (Å²) in [5, 5.41) is 0. The molecule has 0 fully saturated rings. The molecule has 0 saturated carbocycles. The number of ether oxygens (including phenoxy) is 4. The minimum atomic E-state index is 0.0255. The Morgan fingerprint density at radius 2 is 1.56 bits per heavy atom. The first-order chi connectivity index (χ1) is 12.1. The van der Waals surface area contributed by atoms with Crippen molar-refractivity contribution in [3.8, 4) is 23.0 Å². The number of benzene rings is 2. The summed E-state index contributed by atoms with van der Waals surface area (Å²) in [6, 6.07) is 9.52. The highest BCUT2D eigenvalue weighted by molar-refractivity contribution is 6.08. The summed E-state index contributed by atoms with van der Waals surface area (Å²) in [7, 11) is 6.25. The van der Waals surface area contributed by atoms with Crippen molar-refractivity contribution in [2.24, 2.45) is 0 Å². The van der Waals surface area contributed by atoms with Crippen LogP contribution in [0.3, 0.4) is 0 Å². The second-order valence-electron chi connectivity index (χ2n) is 5.56. The standard InChI is InChI=1S/C19H21NO5/c1-22-13-7-5-12(6-8-13)20-10-9-15(21)17-14(20)11-16(23-2)18(24-3)19(17)25-4/h5-8,11H,9-10H2,1-4H3. The molecular weight excluding hydrogens is 322 g/mol. The van der Waals surface area contributed by atoms with Gasteiger partial charge in [0.05, 0.1) is 39.7 Å². The molecule has 6 nitrogen and oxygen atoms in total. The lowest BCUT2D eigenvalue weighted by Gasteiger charge is -2.32. The molecule has 6 heteroatoms. The SMILES string of the molecule is COc1ccc(N2CCC(=O)c3c2cc(OC)c(OC)c3OC)cc1. The Balaban J connectivity index is 2.18. The number of hydrogen-bond donors (Lipinski definition) is 0. The van der Waals surface area contributed by atoms with E-state index in [1.165, 1.54) is 14.2 Å². The zero-order valence-electron chi connectivity index (χ0n) is 14.8. The number of carbonyl (C=O) groups excluding carboxylic acids is 1. The zero-order valence-corrected chi connectivity index (χ0v) is 14.8. The average molecular weight is 343 g/mol. The van der Waals surface area contributed by atoms with Gasteiger partial charge in [0.1, 0.15) is 5.75 Å². The number of methoxy groups -OCH3 is 4. The lowest BCUT2D eigenvalue weighted by Crippen LogP contribution is -2.28. The van der Waals surface area contributed by atoms with Gasteiger partial charge in [-0.3, -0.25) is 4.79 Å². The maximum absolute atomic E-state index is 12.6. The largest absolute Gasteiger partial charge is 0.497 e. The predicted molar refractivity (Wildman–Crippen MR) is 95.0 cm³/mol. The van der Waals surface area contributed by atoms with Crippen LogP contribution in [0.5, 0.6) is 23.0 Å². The fourth-order valence-corrected chi connectivity index (χ4v) is 3.11. The molecule has 0 unspecified atom stereocenters. The highest BCUT2D eigenvalue weighted by Gasteiger charge is 2.32. The normalized spacial score (nSPS) is 13.3. The van der Waals surface area contributed by atoms with Crippen LogP contribution in [0.1, 0.15) is 16.8 Å². The molecule has 0 saturated heterocycles. The van der Waals surface area contributed by atoms with Crippen molar-refractivity contribution in [3.05, 3.63) is 35.9 Å². The minimum Gasteiger partial charge on any atom is -0.497 e. The summed E-state index contributed by atoms with van der Waals surface area (Å²) in [6.07, 6.45) is 0.394. The van der Waals surface area contributed by atoms with E-state index in [1.807, 2.05) is 30.3 Å². The molecule has 1 aliphatic heterocycles. The summed E-state index contributed by atoms with van der Waals surface area (Å²) in [4.78, 5) is 14.7. The first kappa shape index (κ1) is 17.0. The Morgan fingerprint density at radius 3 is 2.12 bits per heavy atom. The number of carbonyl (C=O) groups is 1. The van der Waals surface area contributed by atoms with Crippen LogP contribution in [0.25, 0.3) is 0 Å². The molecule has 0 bridgehead atoms. The smallest absolute Gasteiger partial charge is 0.204 e. The van der Waals surface area contributed by atoms with Gasteiger partial charge in [0, 0.05) is 24.7 Å². The van der Waals surface area contributed by atoms with Crippen molar-refractivity contribution in [1.82, 2.24) is 0 Å². The number of anilines is 2. The number of fused-ring (bicyclic) bond motifs is 1. The van der Waals surface area contributed by atoms with Gasteiger partial charge in [-0.05, 0) is 24.3 Å². The molecule has 0 amide bonds. The molecular formula is C19H21NO5. The van der Waals surface area contributed by atoms with E-state index >= 15 is 0 Å². The van der Waals surface area contributed by atoms with Crippen LogP contribution in [0.15, 0.2) is 30.3 Å². The van der Waals surface area contributed by atoms with Crippen LogP contribution in [0, 0.1) is 0 Å². The molecule has 1 heterocycles. The molecule has 25 heavy (non-hydrogen) atoms. The van der Waals surface area contributed by atoms with E-state index in [1.54, 1.807) is 14.2 Å². The van der Waals surface area contributed by atoms with Crippen molar-refractivity contribution >= 4 is 17.2 Å². The van der Waals surface area contributed by atoms with Gasteiger partial charge in [0.2, 0.25) is 5.75 Å². The van der Waals surface area contributed by atoms with E-state index in [2.05, 4.69) is 4.90 Å². The lowest BCUT2D eigenvalue weighted by atomic mass is 9.97. The van der Waals surface area contributed by atoms with Crippen LogP contribution in [0.4, 0.5) is 11.4 Å². The van der Waals surface area contributed by atoms with E-state index in [0.29, 0.717) is 35.8 Å². The van der Waals surface area contributed by atoms with E-state index in [0.717, 1.165) is 17.1 Å². The second-order valence-corrected chi connectivity index (χ2v) is 5.56. The molecule has 0 radical (unpaired) electrons. The van der Waals surface area contributed by atoms with E-state index < -0.39 is 0 Å². The van der Waals surface area contributed by atoms with Crippen molar-refractivity contribution in [2.75, 3.05) is 39.9 Å². The van der Waals surface area contributed by atoms with Gasteiger partial charge in [-0.1, -0.05) is 0 Å². The monoisotopic (exact) mass is 343 g/mol. The molecule has 0 aliphatic carbocycles. The van der Waals surface area contributed by atoms with Crippen molar-refractivity contribution in [3.63, 3.8) is 0 Å². The Morgan fingerprint density at radius 1 is 0.880 bits per heavy atom. The maximum atomic E-state index is 12.6. The summed E-state index contributed by atoms with van der Waals surface area (Å²) >= 11 is 0. The van der Waals surface area contributed by atoms with Gasteiger partial charge in [-0.2, -0.15) is 0 Å². The molecule has 1 aliphatic rings. The third-order valence-electron chi connectivity index (χ3n) is 4.33. The van der Waals surface area contributed by atoms with Crippen LogP contribution >= 0.6 is 0 Å². The number of Topliss-reactive ketones (excluding diaryl/α,β-unsaturated/α-hetero) is 1. The Labute approximate surface area is 146 Å². The fraction of sp³-hybridized carbons (Fsp3) is 0.316. The summed E-state index contributed by atoms with van der Waals surface area (Å²) in [5.74, 6) is 2.15. The predicted octanol–water partition coefficient (Wildman–Crippen LogP) is 3.45. The van der Waals surface area contributed by atoms with Crippen LogP contribution < -0.4 is 23.8 Å². The number of rotatable bonds is 5. The third kappa shape index (κ3) is 2.84. The Kier molecular flexibility index (Phi) is 4.70. The first-order valence-corrected chi connectivity index (χ1v) is 7.92. The van der Waals surface area contributed by atoms with Gasteiger partial charge in [0.25, 0.3) is 0 Å². The van der Waals surface area contributed by atoms with Gasteiger partial charge in [0.15, 0.2) is 17.3 Å². The van der Waals surface area contributed by atoms with Gasteiger partial charge in [-0.15, -0.1) is 0 Å². The van der Waals surface area contributed by atoms with Crippen molar-refractivity contribution in [2.45, 2.75) is 6.42 Å². The molecule has 0 spiro atoms. The Bertz CT molecular complexity index is 785. The van der Waals surface area contributed by atoms with Gasteiger partial charge >= 0.3 is 0 Å². The molecule has 132 valence electrons. The second kappa shape index (κ2) is 6.93. The first-order valence-electron chi connectivity index (χ1n) is 7.92. The van der Waals surface area contributed by atoms with Crippen LogP contribution in [-0.4, -0.2) is 40.8 Å². The lowest BCUT2D eigenvalue weighted by molar-refractivity contribution is 0.0977. The average Bonchev–Trinajstić information content (AvgIpc) is 2.66. The molecule has 0 aromatic heterocycles. The molecule has 2 aromatic rings. The zero-order chi connectivity index (χ0) is 18.0. The Hall–Kier alpha value is -2.89. The van der Waals surface area contributed by atoms with Gasteiger partial charge < -0.3 is 23.8 Å². The molecule has 0 atom stereocenters. The molecule has 3 rings (SSSR count). The fourth-order valence-electron chi connectivity index (χ4n) is 3.11. The van der Waals surface area contributed by atoms with Crippen molar-refractivity contribution < 1.29 is 23.7 Å². The van der Waals surface area contributed by atoms with Crippen molar-refractivity contribution in [1.29, 1.82) is 0 Å². The highest BCUT2D eigenvalue weighted by atomic mass is 16.5. The summed E-state index contributed by atoms with van der Waals surface area (Å²) in [6.45, 7) is 0.580. The summed E-state index contributed by atoms with van der Waals surface area (Å²) in [5.41, 5.74) is 2.22. The van der Waals surface area contributed by atoms with Crippen LogP contribution in [-0.2, 0) is 0 Å². The van der Waals surface area contributed by atoms with E-state index in [-0.39, 0.29) is 5.78 Å². The number of nitrogens with zero attached hydrogens (tertiary/aromatic N) is 1. The summed E-state index contributed by atoms with van der Waals surface area (Å²) < 4.78 is 21.6. The molecule has 2 aromatic carbocycles. The number of hydrogen-bond acceptors (Lipinski definition) is 6.